The van der Waals surface area contributed by atoms with Crippen molar-refractivity contribution in [3.05, 3.63) is 71.2 Å². The molecule has 0 bridgehead atoms. The van der Waals surface area contributed by atoms with Crippen LogP contribution < -0.4 is 0 Å². The number of hydrogen-bond acceptors (Lipinski definition) is 6. The van der Waals surface area contributed by atoms with Crippen molar-refractivity contribution < 1.29 is 18.7 Å². The van der Waals surface area contributed by atoms with E-state index in [2.05, 4.69) is 15.6 Å². The highest BCUT2D eigenvalue weighted by atomic mass is 35.5. The van der Waals surface area contributed by atoms with E-state index in [0.717, 1.165) is 40.8 Å². The minimum absolute atomic E-state index is 0.265. The summed E-state index contributed by atoms with van der Waals surface area (Å²) in [5.41, 5.74) is 5.55. The number of esters is 1. The fourth-order valence-corrected chi connectivity index (χ4v) is 4.81. The number of nitrogens with zero attached hydrogens (tertiary/aromatic N) is 3. The van der Waals surface area contributed by atoms with Crippen LogP contribution in [0.25, 0.3) is 45.0 Å². The molecular weight excluding hydrogens is 466 g/mol. The van der Waals surface area contributed by atoms with E-state index < -0.39 is 0 Å². The molecule has 0 radical (unpaired) electrons. The number of hydrogen-bond donors (Lipinski definition) is 0. The zero-order valence-electron chi connectivity index (χ0n) is 19.0. The predicted octanol–water partition coefficient (Wildman–Crippen LogP) is 6.30. The molecule has 0 spiro atoms. The van der Waals surface area contributed by atoms with Crippen molar-refractivity contribution >= 4 is 39.7 Å². The lowest BCUT2D eigenvalue weighted by Crippen LogP contribution is -2.20. The molecule has 5 aromatic rings. The van der Waals surface area contributed by atoms with Gasteiger partial charge in [0.15, 0.2) is 5.58 Å². The van der Waals surface area contributed by atoms with Crippen molar-refractivity contribution in [3.8, 4) is 22.8 Å². The fraction of sp³-hybridized carbons (Fsp3) is 0.222. The standard InChI is InChI=1S/C27H22ClN3O4/c1-33-27(32)17-4-2-16(3-5-17)25-29-21-14-18(26-30-22-15-19(28)7-9-24(22)35-26)6-8-23(21)31(25)20-10-12-34-13-11-20/h2-9,14-15,20H,10-13H2,1H3. The molecule has 1 aliphatic rings. The summed E-state index contributed by atoms with van der Waals surface area (Å²) >= 11 is 6.11. The Kier molecular flexibility index (Phi) is 5.51. The molecule has 3 aromatic carbocycles. The molecule has 0 amide bonds. The number of imidazole rings is 1. The van der Waals surface area contributed by atoms with Crippen LogP contribution in [0.5, 0.6) is 0 Å². The van der Waals surface area contributed by atoms with Crippen molar-refractivity contribution in [1.82, 2.24) is 14.5 Å². The van der Waals surface area contributed by atoms with Crippen LogP contribution in [0.4, 0.5) is 0 Å². The van der Waals surface area contributed by atoms with Crippen molar-refractivity contribution in [2.24, 2.45) is 0 Å². The first-order chi connectivity index (χ1) is 17.1. The lowest BCUT2D eigenvalue weighted by Gasteiger charge is -2.26. The van der Waals surface area contributed by atoms with Gasteiger partial charge in [-0.3, -0.25) is 0 Å². The maximum absolute atomic E-state index is 11.9. The van der Waals surface area contributed by atoms with E-state index in [0.29, 0.717) is 40.8 Å². The van der Waals surface area contributed by atoms with Crippen LogP contribution >= 0.6 is 11.6 Å². The first-order valence-corrected chi connectivity index (χ1v) is 11.8. The van der Waals surface area contributed by atoms with Gasteiger partial charge in [0, 0.05) is 35.4 Å². The Hall–Kier alpha value is -3.68. The molecule has 1 aliphatic heterocycles. The van der Waals surface area contributed by atoms with Gasteiger partial charge in [0.05, 0.1) is 23.7 Å². The molecule has 1 fully saturated rings. The monoisotopic (exact) mass is 487 g/mol. The lowest BCUT2D eigenvalue weighted by molar-refractivity contribution is 0.0600. The second-order valence-electron chi connectivity index (χ2n) is 8.55. The van der Waals surface area contributed by atoms with Crippen LogP contribution in [-0.4, -0.2) is 40.8 Å². The van der Waals surface area contributed by atoms with E-state index >= 15 is 0 Å². The fourth-order valence-electron chi connectivity index (χ4n) is 4.65. The maximum atomic E-state index is 11.9. The highest BCUT2D eigenvalue weighted by Crippen LogP contribution is 2.35. The van der Waals surface area contributed by atoms with Gasteiger partial charge >= 0.3 is 5.97 Å². The van der Waals surface area contributed by atoms with Gasteiger partial charge in [-0.15, -0.1) is 0 Å². The Bertz CT molecular complexity index is 1550. The van der Waals surface area contributed by atoms with E-state index in [1.165, 1.54) is 7.11 Å². The molecule has 1 saturated heterocycles. The highest BCUT2D eigenvalue weighted by molar-refractivity contribution is 6.31. The SMILES string of the molecule is COC(=O)c1ccc(-c2nc3cc(-c4nc5cc(Cl)ccc5o4)ccc3n2C2CCOCC2)cc1. The second kappa shape index (κ2) is 8.83. The van der Waals surface area contributed by atoms with E-state index in [1.54, 1.807) is 24.3 Å². The average Bonchev–Trinajstić information content (AvgIpc) is 3.49. The molecule has 0 N–H and O–H groups in total. The molecule has 7 nitrogen and oxygen atoms in total. The van der Waals surface area contributed by atoms with Crippen LogP contribution in [0.3, 0.4) is 0 Å². The number of carbonyl (C=O) groups excluding carboxylic acids is 1. The largest absolute Gasteiger partial charge is 0.465 e. The normalized spacial score (nSPS) is 14.6. The van der Waals surface area contributed by atoms with Gasteiger partial charge in [-0.2, -0.15) is 0 Å². The zero-order chi connectivity index (χ0) is 23.9. The molecule has 6 rings (SSSR count). The molecule has 8 heteroatoms. The number of fused-ring (bicyclic) bond motifs is 2. The molecule has 0 unspecified atom stereocenters. The smallest absolute Gasteiger partial charge is 0.337 e. The molecule has 35 heavy (non-hydrogen) atoms. The van der Waals surface area contributed by atoms with Gasteiger partial charge in [0.1, 0.15) is 11.3 Å². The summed E-state index contributed by atoms with van der Waals surface area (Å²) in [6.45, 7) is 1.43. The van der Waals surface area contributed by atoms with Crippen molar-refractivity contribution in [1.29, 1.82) is 0 Å². The number of halogens is 1. The van der Waals surface area contributed by atoms with Crippen LogP contribution in [0, 0.1) is 0 Å². The summed E-state index contributed by atoms with van der Waals surface area (Å²) < 4.78 is 18.7. The lowest BCUT2D eigenvalue weighted by atomic mass is 10.1. The van der Waals surface area contributed by atoms with Gasteiger partial charge in [0.2, 0.25) is 5.89 Å². The van der Waals surface area contributed by atoms with Crippen molar-refractivity contribution in [2.75, 3.05) is 20.3 Å². The Balaban J connectivity index is 1.47. The van der Waals surface area contributed by atoms with Crippen LogP contribution in [0.15, 0.2) is 65.1 Å². The molecular formula is C27H22ClN3O4. The third-order valence-corrected chi connectivity index (χ3v) is 6.64. The highest BCUT2D eigenvalue weighted by Gasteiger charge is 2.23. The van der Waals surface area contributed by atoms with Gasteiger partial charge in [-0.05, 0) is 61.4 Å². The van der Waals surface area contributed by atoms with E-state index in [1.807, 2.05) is 30.3 Å². The minimum Gasteiger partial charge on any atom is -0.465 e. The molecule has 176 valence electrons. The second-order valence-corrected chi connectivity index (χ2v) is 8.99. The number of carbonyl (C=O) groups is 1. The van der Waals surface area contributed by atoms with Crippen LogP contribution in [0.1, 0.15) is 29.2 Å². The topological polar surface area (TPSA) is 79.4 Å². The molecule has 0 saturated carbocycles. The number of aromatic nitrogens is 3. The summed E-state index contributed by atoms with van der Waals surface area (Å²) in [7, 11) is 1.38. The number of methoxy groups -OCH3 is 1. The molecule has 2 aromatic heterocycles. The summed E-state index contributed by atoms with van der Waals surface area (Å²) in [6, 6.07) is 19.1. The third kappa shape index (κ3) is 3.96. The quantitative estimate of drug-likeness (QED) is 0.277. The Morgan fingerprint density at radius 3 is 2.51 bits per heavy atom. The maximum Gasteiger partial charge on any atom is 0.337 e. The molecule has 3 heterocycles. The Morgan fingerprint density at radius 1 is 0.971 bits per heavy atom. The van der Waals surface area contributed by atoms with Crippen molar-refractivity contribution in [3.63, 3.8) is 0 Å². The summed E-state index contributed by atoms with van der Waals surface area (Å²) in [4.78, 5) is 21.5. The predicted molar refractivity (Wildman–Crippen MR) is 134 cm³/mol. The van der Waals surface area contributed by atoms with Gasteiger partial charge in [-0.25, -0.2) is 14.8 Å². The number of benzene rings is 3. The number of oxazole rings is 1. The van der Waals surface area contributed by atoms with Crippen LogP contribution in [-0.2, 0) is 9.47 Å². The molecule has 0 atom stereocenters. The van der Waals surface area contributed by atoms with Gasteiger partial charge in [0.25, 0.3) is 0 Å². The Labute approximate surface area is 206 Å². The Morgan fingerprint density at radius 2 is 1.74 bits per heavy atom. The first kappa shape index (κ1) is 21.8. The van der Waals surface area contributed by atoms with Gasteiger partial charge in [-0.1, -0.05) is 23.7 Å². The van der Waals surface area contributed by atoms with E-state index in [9.17, 15) is 4.79 Å². The third-order valence-electron chi connectivity index (χ3n) is 6.41. The van der Waals surface area contributed by atoms with Crippen LogP contribution in [0.2, 0.25) is 5.02 Å². The van der Waals surface area contributed by atoms with Gasteiger partial charge < -0.3 is 18.5 Å². The van der Waals surface area contributed by atoms with Crippen molar-refractivity contribution in [2.45, 2.75) is 18.9 Å². The summed E-state index contributed by atoms with van der Waals surface area (Å²) in [6.07, 6.45) is 1.82. The first-order valence-electron chi connectivity index (χ1n) is 11.5. The van der Waals surface area contributed by atoms with E-state index in [4.69, 9.17) is 30.5 Å². The number of rotatable bonds is 4. The minimum atomic E-state index is -0.362. The van der Waals surface area contributed by atoms with E-state index in [-0.39, 0.29) is 12.0 Å². The zero-order valence-corrected chi connectivity index (χ0v) is 19.8. The number of ether oxygens (including phenoxy) is 2. The summed E-state index contributed by atoms with van der Waals surface area (Å²) in [5, 5.41) is 0.617. The average molecular weight is 488 g/mol. The summed E-state index contributed by atoms with van der Waals surface area (Å²) in [5.74, 6) is 1.01. The molecule has 0 aliphatic carbocycles.